The number of carbonyl (C=O) groups is 1. The average molecular weight is 283 g/mol. The van der Waals surface area contributed by atoms with Crippen molar-refractivity contribution in [2.75, 3.05) is 13.1 Å². The van der Waals surface area contributed by atoms with Crippen LogP contribution in [-0.2, 0) is 9.84 Å². The number of sulfone groups is 1. The van der Waals surface area contributed by atoms with Crippen molar-refractivity contribution in [3.63, 3.8) is 0 Å². The van der Waals surface area contributed by atoms with Crippen LogP contribution in [-0.4, -0.2) is 37.6 Å². The fourth-order valence-electron chi connectivity index (χ4n) is 1.83. The van der Waals surface area contributed by atoms with Crippen LogP contribution in [0.2, 0.25) is 0 Å². The SMILES string of the molecule is CCN(CC)C(=O)c1ccccc1S(=O)(=O)C(C)C. The molecule has 0 radical (unpaired) electrons. The summed E-state index contributed by atoms with van der Waals surface area (Å²) in [6.07, 6.45) is 0. The predicted molar refractivity (Wildman–Crippen MR) is 76.0 cm³/mol. The number of hydrogen-bond donors (Lipinski definition) is 0. The van der Waals surface area contributed by atoms with Gasteiger partial charge in [0.2, 0.25) is 0 Å². The number of nitrogens with zero attached hydrogens (tertiary/aromatic N) is 1. The first kappa shape index (κ1) is 15.7. The molecule has 1 aromatic carbocycles. The fraction of sp³-hybridized carbons (Fsp3) is 0.500. The van der Waals surface area contributed by atoms with Gasteiger partial charge in [-0.05, 0) is 39.8 Å². The van der Waals surface area contributed by atoms with Gasteiger partial charge >= 0.3 is 0 Å². The Labute approximate surface area is 115 Å². The Morgan fingerprint density at radius 2 is 1.68 bits per heavy atom. The summed E-state index contributed by atoms with van der Waals surface area (Å²) in [5, 5.41) is -0.543. The van der Waals surface area contributed by atoms with Gasteiger partial charge in [-0.2, -0.15) is 0 Å². The minimum atomic E-state index is -3.45. The third-order valence-electron chi connectivity index (χ3n) is 3.10. The van der Waals surface area contributed by atoms with Gasteiger partial charge in [0.25, 0.3) is 5.91 Å². The number of benzene rings is 1. The third kappa shape index (κ3) is 3.15. The van der Waals surface area contributed by atoms with Crippen LogP contribution in [0.25, 0.3) is 0 Å². The van der Waals surface area contributed by atoms with Crippen LogP contribution < -0.4 is 0 Å². The molecule has 0 aliphatic rings. The molecule has 106 valence electrons. The first-order valence-electron chi connectivity index (χ1n) is 6.48. The highest BCUT2D eigenvalue weighted by molar-refractivity contribution is 7.92. The second kappa shape index (κ2) is 6.19. The van der Waals surface area contributed by atoms with Crippen molar-refractivity contribution in [3.05, 3.63) is 29.8 Å². The lowest BCUT2D eigenvalue weighted by Crippen LogP contribution is -2.32. The second-order valence-electron chi connectivity index (χ2n) is 4.57. The van der Waals surface area contributed by atoms with Crippen molar-refractivity contribution in [1.29, 1.82) is 0 Å². The molecule has 1 amide bonds. The van der Waals surface area contributed by atoms with E-state index in [1.54, 1.807) is 36.9 Å². The lowest BCUT2D eigenvalue weighted by Gasteiger charge is -2.20. The predicted octanol–water partition coefficient (Wildman–Crippen LogP) is 2.35. The molecule has 0 saturated heterocycles. The van der Waals surface area contributed by atoms with E-state index in [-0.39, 0.29) is 16.4 Å². The Bertz CT molecular complexity index is 546. The van der Waals surface area contributed by atoms with Crippen LogP contribution in [0, 0.1) is 0 Å². The van der Waals surface area contributed by atoms with Gasteiger partial charge in [0, 0.05) is 13.1 Å². The van der Waals surface area contributed by atoms with Crippen molar-refractivity contribution in [1.82, 2.24) is 4.90 Å². The van der Waals surface area contributed by atoms with Gasteiger partial charge in [-0.25, -0.2) is 8.42 Å². The maximum Gasteiger partial charge on any atom is 0.255 e. The summed E-state index contributed by atoms with van der Waals surface area (Å²) < 4.78 is 24.6. The highest BCUT2D eigenvalue weighted by atomic mass is 32.2. The topological polar surface area (TPSA) is 54.5 Å². The molecule has 0 N–H and O–H groups in total. The molecule has 0 aromatic heterocycles. The van der Waals surface area contributed by atoms with Crippen LogP contribution in [0.1, 0.15) is 38.1 Å². The van der Waals surface area contributed by atoms with Crippen LogP contribution >= 0.6 is 0 Å². The van der Waals surface area contributed by atoms with E-state index in [2.05, 4.69) is 0 Å². The molecule has 0 spiro atoms. The van der Waals surface area contributed by atoms with Crippen molar-refractivity contribution in [3.8, 4) is 0 Å². The van der Waals surface area contributed by atoms with E-state index in [1.165, 1.54) is 6.07 Å². The molecule has 4 nitrogen and oxygen atoms in total. The zero-order chi connectivity index (χ0) is 14.6. The lowest BCUT2D eigenvalue weighted by atomic mass is 10.2. The fourth-order valence-corrected chi connectivity index (χ4v) is 3.06. The summed E-state index contributed by atoms with van der Waals surface area (Å²) in [5.41, 5.74) is 0.264. The molecule has 0 atom stereocenters. The van der Waals surface area contributed by atoms with E-state index in [0.717, 1.165) is 0 Å². The lowest BCUT2D eigenvalue weighted by molar-refractivity contribution is 0.0769. The average Bonchev–Trinajstić information content (AvgIpc) is 2.39. The van der Waals surface area contributed by atoms with Gasteiger partial charge in [-0.3, -0.25) is 4.79 Å². The molecule has 0 saturated carbocycles. The van der Waals surface area contributed by atoms with E-state index in [1.807, 2.05) is 13.8 Å². The van der Waals surface area contributed by atoms with E-state index in [4.69, 9.17) is 0 Å². The van der Waals surface area contributed by atoms with Crippen LogP contribution in [0.3, 0.4) is 0 Å². The zero-order valence-electron chi connectivity index (χ0n) is 11.9. The largest absolute Gasteiger partial charge is 0.339 e. The van der Waals surface area contributed by atoms with Crippen molar-refractivity contribution in [2.45, 2.75) is 37.8 Å². The maximum atomic E-state index is 12.4. The normalized spacial score (nSPS) is 11.6. The van der Waals surface area contributed by atoms with Crippen molar-refractivity contribution < 1.29 is 13.2 Å². The first-order valence-corrected chi connectivity index (χ1v) is 8.03. The molecule has 1 aromatic rings. The Kier molecular flexibility index (Phi) is 5.11. The molecule has 0 unspecified atom stereocenters. The Morgan fingerprint density at radius 1 is 1.16 bits per heavy atom. The van der Waals surface area contributed by atoms with Gasteiger partial charge in [-0.15, -0.1) is 0 Å². The summed E-state index contributed by atoms with van der Waals surface area (Å²) >= 11 is 0. The first-order chi connectivity index (χ1) is 8.86. The smallest absolute Gasteiger partial charge is 0.255 e. The summed E-state index contributed by atoms with van der Waals surface area (Å²) in [6, 6.07) is 6.42. The van der Waals surface area contributed by atoms with E-state index >= 15 is 0 Å². The molecule has 1 rings (SSSR count). The number of hydrogen-bond acceptors (Lipinski definition) is 3. The summed E-state index contributed by atoms with van der Waals surface area (Å²) in [5.74, 6) is -0.232. The van der Waals surface area contributed by atoms with Gasteiger partial charge in [-0.1, -0.05) is 12.1 Å². The number of amides is 1. The van der Waals surface area contributed by atoms with Crippen molar-refractivity contribution in [2.24, 2.45) is 0 Å². The summed E-state index contributed by atoms with van der Waals surface area (Å²) in [4.78, 5) is 14.1. The summed E-state index contributed by atoms with van der Waals surface area (Å²) in [6.45, 7) is 8.11. The van der Waals surface area contributed by atoms with Crippen LogP contribution in [0.5, 0.6) is 0 Å². The van der Waals surface area contributed by atoms with Crippen LogP contribution in [0.4, 0.5) is 0 Å². The van der Waals surface area contributed by atoms with E-state index < -0.39 is 15.1 Å². The molecule has 0 fully saturated rings. The number of carbonyl (C=O) groups excluding carboxylic acids is 1. The third-order valence-corrected chi connectivity index (χ3v) is 5.31. The Morgan fingerprint density at radius 3 is 2.16 bits per heavy atom. The van der Waals surface area contributed by atoms with E-state index in [9.17, 15) is 13.2 Å². The minimum Gasteiger partial charge on any atom is -0.339 e. The van der Waals surface area contributed by atoms with Crippen LogP contribution in [0.15, 0.2) is 29.2 Å². The van der Waals surface area contributed by atoms with Crippen molar-refractivity contribution >= 4 is 15.7 Å². The molecule has 0 heterocycles. The standard InChI is InChI=1S/C14H21NO3S/c1-5-15(6-2)14(16)12-9-7-8-10-13(12)19(17,18)11(3)4/h7-11H,5-6H2,1-4H3. The minimum absolute atomic E-state index is 0.127. The van der Waals surface area contributed by atoms with Gasteiger partial charge in [0.05, 0.1) is 15.7 Å². The molecule has 0 aliphatic heterocycles. The van der Waals surface area contributed by atoms with Gasteiger partial charge in [0.15, 0.2) is 9.84 Å². The highest BCUT2D eigenvalue weighted by Gasteiger charge is 2.26. The summed E-state index contributed by atoms with van der Waals surface area (Å²) in [7, 11) is -3.45. The Balaban J connectivity index is 3.36. The molecule has 19 heavy (non-hydrogen) atoms. The molecule has 0 aliphatic carbocycles. The number of rotatable bonds is 5. The van der Waals surface area contributed by atoms with Gasteiger partial charge < -0.3 is 4.90 Å². The zero-order valence-corrected chi connectivity index (χ0v) is 12.7. The second-order valence-corrected chi connectivity index (χ2v) is 7.04. The molecular weight excluding hydrogens is 262 g/mol. The molecular formula is C14H21NO3S. The van der Waals surface area contributed by atoms with Gasteiger partial charge in [0.1, 0.15) is 0 Å². The monoisotopic (exact) mass is 283 g/mol. The highest BCUT2D eigenvalue weighted by Crippen LogP contribution is 2.21. The quantitative estimate of drug-likeness (QED) is 0.833. The molecule has 0 bridgehead atoms. The van der Waals surface area contributed by atoms with E-state index in [0.29, 0.717) is 13.1 Å². The molecule has 5 heteroatoms. The Hall–Kier alpha value is -1.36. The maximum absolute atomic E-state index is 12.4.